The quantitative estimate of drug-likeness (QED) is 0.863. The summed E-state index contributed by atoms with van der Waals surface area (Å²) < 4.78 is 0. The second kappa shape index (κ2) is 4.09. The first-order chi connectivity index (χ1) is 8.17. The van der Waals surface area contributed by atoms with Gasteiger partial charge in [-0.3, -0.25) is 4.98 Å². The largest absolute Gasteiger partial charge is 0.308 e. The molecule has 1 aromatic rings. The van der Waals surface area contributed by atoms with E-state index >= 15 is 0 Å². The molecule has 3 rings (SSSR count). The van der Waals surface area contributed by atoms with E-state index in [9.17, 15) is 0 Å². The number of pyridine rings is 1. The van der Waals surface area contributed by atoms with Crippen LogP contribution in [0.1, 0.15) is 50.4 Å². The fourth-order valence-electron chi connectivity index (χ4n) is 3.02. The zero-order valence-corrected chi connectivity index (χ0v) is 10.9. The van der Waals surface area contributed by atoms with Crippen molar-refractivity contribution in [1.29, 1.82) is 0 Å². The Kier molecular flexibility index (Phi) is 2.70. The molecule has 0 bridgehead atoms. The summed E-state index contributed by atoms with van der Waals surface area (Å²) in [5.41, 5.74) is 3.33. The number of hydrogen-bond donors (Lipinski definition) is 1. The minimum atomic E-state index is 0.497. The van der Waals surface area contributed by atoms with Gasteiger partial charge in [0, 0.05) is 12.2 Å². The Morgan fingerprint density at radius 1 is 1.47 bits per heavy atom. The number of rotatable bonds is 3. The first-order valence-electron chi connectivity index (χ1n) is 6.84. The molecule has 1 N–H and O–H groups in total. The summed E-state index contributed by atoms with van der Waals surface area (Å²) in [6.07, 6.45) is 7.06. The van der Waals surface area contributed by atoms with E-state index in [2.05, 4.69) is 36.3 Å². The summed E-state index contributed by atoms with van der Waals surface area (Å²) in [5.74, 6) is 0.872. The molecular weight excluding hydrogens is 208 g/mol. The lowest BCUT2D eigenvalue weighted by molar-refractivity contribution is 0.419. The van der Waals surface area contributed by atoms with Gasteiger partial charge >= 0.3 is 0 Å². The average molecular weight is 230 g/mol. The Labute approximate surface area is 104 Å². The first kappa shape index (κ1) is 11.2. The van der Waals surface area contributed by atoms with Gasteiger partial charge in [0.25, 0.3) is 0 Å². The Balaban J connectivity index is 1.65. The van der Waals surface area contributed by atoms with Crippen molar-refractivity contribution in [2.45, 2.75) is 45.6 Å². The summed E-state index contributed by atoms with van der Waals surface area (Å²) in [6.45, 7) is 5.90. The van der Waals surface area contributed by atoms with Crippen LogP contribution in [-0.4, -0.2) is 11.5 Å². The monoisotopic (exact) mass is 230 g/mol. The summed E-state index contributed by atoms with van der Waals surface area (Å²) in [5, 5.41) is 3.73. The molecule has 1 aromatic heterocycles. The van der Waals surface area contributed by atoms with Crippen molar-refractivity contribution in [3.8, 4) is 0 Å². The zero-order chi connectivity index (χ0) is 11.9. The minimum Gasteiger partial charge on any atom is -0.308 e. The number of nitrogens with one attached hydrogen (secondary N) is 1. The molecular formula is C15H22N2. The number of nitrogens with zero attached hydrogens (tertiary/aromatic N) is 1. The molecule has 1 fully saturated rings. The van der Waals surface area contributed by atoms with E-state index in [0.717, 1.165) is 12.5 Å². The van der Waals surface area contributed by atoms with Crippen LogP contribution in [0.5, 0.6) is 0 Å². The molecule has 2 aliphatic carbocycles. The van der Waals surface area contributed by atoms with E-state index in [4.69, 9.17) is 0 Å². The Bertz CT molecular complexity index is 411. The van der Waals surface area contributed by atoms with Crippen LogP contribution < -0.4 is 5.32 Å². The van der Waals surface area contributed by atoms with Gasteiger partial charge in [0.15, 0.2) is 0 Å². The maximum atomic E-state index is 4.57. The molecule has 2 atom stereocenters. The summed E-state index contributed by atoms with van der Waals surface area (Å²) >= 11 is 0. The maximum Gasteiger partial charge on any atom is 0.0605 e. The van der Waals surface area contributed by atoms with Crippen molar-refractivity contribution in [3.63, 3.8) is 0 Å². The SMILES string of the molecule is CC1(C)CC1CNC1CCCc2cccnc21. The van der Waals surface area contributed by atoms with Crippen molar-refractivity contribution < 1.29 is 0 Å². The van der Waals surface area contributed by atoms with Gasteiger partial charge in [-0.05, 0) is 55.2 Å². The van der Waals surface area contributed by atoms with E-state index in [-0.39, 0.29) is 0 Å². The number of aromatic nitrogens is 1. The highest BCUT2D eigenvalue weighted by atomic mass is 15.0. The summed E-state index contributed by atoms with van der Waals surface area (Å²) in [4.78, 5) is 4.57. The van der Waals surface area contributed by atoms with Crippen molar-refractivity contribution in [3.05, 3.63) is 29.6 Å². The lowest BCUT2D eigenvalue weighted by Gasteiger charge is -2.25. The molecule has 1 saturated carbocycles. The molecule has 0 aromatic carbocycles. The first-order valence-corrected chi connectivity index (χ1v) is 6.84. The van der Waals surface area contributed by atoms with Gasteiger partial charge in [0.1, 0.15) is 0 Å². The lowest BCUT2D eigenvalue weighted by Crippen LogP contribution is -2.28. The summed E-state index contributed by atoms with van der Waals surface area (Å²) in [6, 6.07) is 4.79. The predicted molar refractivity (Wildman–Crippen MR) is 69.8 cm³/mol. The van der Waals surface area contributed by atoms with Gasteiger partial charge in [-0.25, -0.2) is 0 Å². The van der Waals surface area contributed by atoms with Crippen LogP contribution in [0.25, 0.3) is 0 Å². The highest BCUT2D eigenvalue weighted by Gasteiger charge is 2.45. The average Bonchev–Trinajstić information content (AvgIpc) is 2.94. The van der Waals surface area contributed by atoms with Crippen LogP contribution >= 0.6 is 0 Å². The molecule has 2 nitrogen and oxygen atoms in total. The third kappa shape index (κ3) is 2.23. The zero-order valence-electron chi connectivity index (χ0n) is 10.9. The molecule has 0 aliphatic heterocycles. The molecule has 0 radical (unpaired) electrons. The van der Waals surface area contributed by atoms with Crippen molar-refractivity contribution in [1.82, 2.24) is 10.3 Å². The number of aryl methyl sites for hydroxylation is 1. The third-order valence-corrected chi connectivity index (χ3v) is 4.52. The Hall–Kier alpha value is -0.890. The predicted octanol–water partition coefficient (Wildman–Crippen LogP) is 3.09. The number of fused-ring (bicyclic) bond motifs is 1. The summed E-state index contributed by atoms with van der Waals surface area (Å²) in [7, 11) is 0. The smallest absolute Gasteiger partial charge is 0.0605 e. The Morgan fingerprint density at radius 3 is 3.06 bits per heavy atom. The minimum absolute atomic E-state index is 0.497. The normalized spacial score (nSPS) is 29.8. The van der Waals surface area contributed by atoms with Crippen molar-refractivity contribution in [2.75, 3.05) is 6.54 Å². The van der Waals surface area contributed by atoms with E-state index in [0.29, 0.717) is 11.5 Å². The van der Waals surface area contributed by atoms with Gasteiger partial charge in [-0.15, -0.1) is 0 Å². The standard InChI is InChI=1S/C15H22N2/c1-15(2)9-12(15)10-17-13-7-3-5-11-6-4-8-16-14(11)13/h4,6,8,12-13,17H,3,5,7,9-10H2,1-2H3. The lowest BCUT2D eigenvalue weighted by atomic mass is 9.92. The van der Waals surface area contributed by atoms with Gasteiger partial charge in [0.2, 0.25) is 0 Å². The molecule has 0 spiro atoms. The van der Waals surface area contributed by atoms with E-state index in [1.54, 1.807) is 0 Å². The second-order valence-corrected chi connectivity index (χ2v) is 6.29. The molecule has 2 heteroatoms. The third-order valence-electron chi connectivity index (χ3n) is 4.52. The van der Waals surface area contributed by atoms with Crippen LogP contribution in [0.2, 0.25) is 0 Å². The maximum absolute atomic E-state index is 4.57. The van der Waals surface area contributed by atoms with E-state index in [1.807, 2.05) is 6.20 Å². The second-order valence-electron chi connectivity index (χ2n) is 6.29. The van der Waals surface area contributed by atoms with Gasteiger partial charge in [-0.2, -0.15) is 0 Å². The fourth-order valence-corrected chi connectivity index (χ4v) is 3.02. The molecule has 1 heterocycles. The van der Waals surface area contributed by atoms with Crippen molar-refractivity contribution >= 4 is 0 Å². The molecule has 2 unspecified atom stereocenters. The molecule has 0 amide bonds. The van der Waals surface area contributed by atoms with Crippen LogP contribution in [0, 0.1) is 11.3 Å². The van der Waals surface area contributed by atoms with Crippen LogP contribution in [-0.2, 0) is 6.42 Å². The molecule has 0 saturated heterocycles. The van der Waals surface area contributed by atoms with Gasteiger partial charge < -0.3 is 5.32 Å². The van der Waals surface area contributed by atoms with Crippen LogP contribution in [0.4, 0.5) is 0 Å². The van der Waals surface area contributed by atoms with Crippen molar-refractivity contribution in [2.24, 2.45) is 11.3 Å². The topological polar surface area (TPSA) is 24.9 Å². The van der Waals surface area contributed by atoms with E-state index < -0.39 is 0 Å². The van der Waals surface area contributed by atoms with Gasteiger partial charge in [-0.1, -0.05) is 19.9 Å². The number of hydrogen-bond acceptors (Lipinski definition) is 2. The molecule has 17 heavy (non-hydrogen) atoms. The van der Waals surface area contributed by atoms with Gasteiger partial charge in [0.05, 0.1) is 5.69 Å². The van der Waals surface area contributed by atoms with Crippen LogP contribution in [0.3, 0.4) is 0 Å². The van der Waals surface area contributed by atoms with E-state index in [1.165, 1.54) is 36.9 Å². The highest BCUT2D eigenvalue weighted by molar-refractivity contribution is 5.25. The van der Waals surface area contributed by atoms with Crippen LogP contribution in [0.15, 0.2) is 18.3 Å². The highest BCUT2D eigenvalue weighted by Crippen LogP contribution is 2.51. The fraction of sp³-hybridized carbons (Fsp3) is 0.667. The Morgan fingerprint density at radius 2 is 2.29 bits per heavy atom. The molecule has 92 valence electrons. The molecule has 2 aliphatic rings.